The molecule has 3 heterocycles. The van der Waals surface area contributed by atoms with Crippen molar-refractivity contribution in [3.05, 3.63) is 83.4 Å². The summed E-state index contributed by atoms with van der Waals surface area (Å²) in [6.45, 7) is 5.97. The topological polar surface area (TPSA) is 87.7 Å². The Morgan fingerprint density at radius 1 is 0.844 bits per heavy atom. The number of hydrogen-bond donors (Lipinski definition) is 1. The van der Waals surface area contributed by atoms with E-state index in [1.54, 1.807) is 30.9 Å². The van der Waals surface area contributed by atoms with Gasteiger partial charge in [0.25, 0.3) is 11.8 Å². The van der Waals surface area contributed by atoms with Gasteiger partial charge in [-0.05, 0) is 105 Å². The lowest BCUT2D eigenvalue weighted by Gasteiger charge is -2.56. The highest BCUT2D eigenvalue weighted by atomic mass is 16.5. The minimum atomic E-state index is -0.0446. The van der Waals surface area contributed by atoms with Crippen LogP contribution in [0.1, 0.15) is 77.3 Å². The first-order valence-corrected chi connectivity index (χ1v) is 16.4. The van der Waals surface area contributed by atoms with Crippen molar-refractivity contribution in [1.29, 1.82) is 0 Å². The van der Waals surface area contributed by atoms with E-state index in [1.165, 1.54) is 38.5 Å². The van der Waals surface area contributed by atoms with E-state index in [2.05, 4.69) is 32.0 Å². The van der Waals surface area contributed by atoms with Crippen molar-refractivity contribution >= 4 is 17.5 Å². The fraction of sp³-hybridized carbons (Fsp3) is 0.459. The second kappa shape index (κ2) is 12.5. The van der Waals surface area contributed by atoms with Crippen LogP contribution in [0.15, 0.2) is 61.2 Å². The molecule has 45 heavy (non-hydrogen) atoms. The van der Waals surface area contributed by atoms with Crippen LogP contribution in [0.4, 0.5) is 5.69 Å². The van der Waals surface area contributed by atoms with E-state index in [0.29, 0.717) is 47.6 Å². The molecule has 0 spiro atoms. The van der Waals surface area contributed by atoms with Gasteiger partial charge >= 0.3 is 0 Å². The molecule has 0 unspecified atom stereocenters. The number of benzene rings is 1. The van der Waals surface area contributed by atoms with Crippen LogP contribution < -0.4 is 15.0 Å². The lowest BCUT2D eigenvalue weighted by molar-refractivity contribution is -0.0503. The molecule has 3 aromatic rings. The molecule has 5 fully saturated rings. The monoisotopic (exact) mass is 603 g/mol. The molecular formula is C37H41N5O3. The Hall–Kier alpha value is -4.38. The van der Waals surface area contributed by atoms with E-state index in [1.807, 2.05) is 42.2 Å². The number of pyridine rings is 2. The summed E-state index contributed by atoms with van der Waals surface area (Å²) in [4.78, 5) is 39.0. The summed E-state index contributed by atoms with van der Waals surface area (Å²) in [5, 5.41) is 3.30. The Labute approximate surface area is 265 Å². The minimum Gasteiger partial charge on any atom is -0.492 e. The van der Waals surface area contributed by atoms with Gasteiger partial charge in [-0.1, -0.05) is 11.8 Å². The van der Waals surface area contributed by atoms with E-state index in [-0.39, 0.29) is 11.8 Å². The van der Waals surface area contributed by atoms with Crippen LogP contribution in [0.25, 0.3) is 0 Å². The van der Waals surface area contributed by atoms with Crippen LogP contribution in [-0.2, 0) is 0 Å². The number of rotatable bonds is 7. The van der Waals surface area contributed by atoms with E-state index >= 15 is 0 Å². The number of nitrogens with one attached hydrogen (secondary N) is 1. The van der Waals surface area contributed by atoms with Crippen molar-refractivity contribution in [2.24, 2.45) is 23.2 Å². The maximum absolute atomic E-state index is 13.3. The predicted molar refractivity (Wildman–Crippen MR) is 173 cm³/mol. The number of ether oxygens (including phenoxy) is 1. The Bertz CT molecular complexity index is 1580. The SMILES string of the molecule is CCOc1cncc(C#Cc2cncc(C(=O)N3CCN(c4ccc(C(=O)NCC56CC7CC(CC(C7)C5)C6)cc4)CC3)c2)c1. The van der Waals surface area contributed by atoms with Gasteiger partial charge in [0, 0.05) is 73.7 Å². The Morgan fingerprint density at radius 3 is 2.11 bits per heavy atom. The maximum atomic E-state index is 13.3. The summed E-state index contributed by atoms with van der Waals surface area (Å²) >= 11 is 0. The largest absolute Gasteiger partial charge is 0.492 e. The first-order valence-electron chi connectivity index (χ1n) is 16.4. The highest BCUT2D eigenvalue weighted by Crippen LogP contribution is 2.59. The minimum absolute atomic E-state index is 0.0314. The Kier molecular flexibility index (Phi) is 8.18. The number of amides is 2. The molecule has 8 rings (SSSR count). The van der Waals surface area contributed by atoms with Gasteiger partial charge in [0.05, 0.1) is 18.4 Å². The second-order valence-corrected chi connectivity index (χ2v) is 13.5. The third-order valence-electron chi connectivity index (χ3n) is 10.2. The molecule has 4 aliphatic carbocycles. The van der Waals surface area contributed by atoms with E-state index in [4.69, 9.17) is 4.74 Å². The van der Waals surface area contributed by atoms with Crippen LogP contribution in [-0.4, -0.2) is 66.0 Å². The van der Waals surface area contributed by atoms with Gasteiger partial charge in [-0.3, -0.25) is 19.6 Å². The quantitative estimate of drug-likeness (QED) is 0.375. The van der Waals surface area contributed by atoms with Gasteiger partial charge in [0.1, 0.15) is 5.75 Å². The molecule has 4 saturated carbocycles. The third-order valence-corrected chi connectivity index (χ3v) is 10.2. The highest BCUT2D eigenvalue weighted by molar-refractivity contribution is 5.95. The molecule has 1 saturated heterocycles. The van der Waals surface area contributed by atoms with E-state index in [9.17, 15) is 9.59 Å². The zero-order valence-electron chi connectivity index (χ0n) is 26.0. The molecule has 4 bridgehead atoms. The van der Waals surface area contributed by atoms with Crippen LogP contribution >= 0.6 is 0 Å². The van der Waals surface area contributed by atoms with E-state index in [0.717, 1.165) is 48.6 Å². The molecule has 2 amide bonds. The maximum Gasteiger partial charge on any atom is 0.255 e. The van der Waals surface area contributed by atoms with Crippen LogP contribution in [0, 0.1) is 35.0 Å². The number of piperazine rings is 1. The van der Waals surface area contributed by atoms with Crippen LogP contribution in [0.3, 0.4) is 0 Å². The van der Waals surface area contributed by atoms with Crippen molar-refractivity contribution in [2.75, 3.05) is 44.2 Å². The highest BCUT2D eigenvalue weighted by Gasteiger charge is 2.50. The lowest BCUT2D eigenvalue weighted by atomic mass is 9.49. The van der Waals surface area contributed by atoms with Crippen molar-refractivity contribution < 1.29 is 14.3 Å². The number of anilines is 1. The van der Waals surface area contributed by atoms with Gasteiger partial charge < -0.3 is 19.9 Å². The molecule has 0 atom stereocenters. The summed E-state index contributed by atoms with van der Waals surface area (Å²) in [6, 6.07) is 11.6. The molecule has 2 aromatic heterocycles. The van der Waals surface area contributed by atoms with Gasteiger partial charge in [0.15, 0.2) is 0 Å². The fourth-order valence-electron chi connectivity index (χ4n) is 8.55. The summed E-state index contributed by atoms with van der Waals surface area (Å²) in [5.74, 6) is 9.50. The molecule has 1 aromatic carbocycles. The number of carbonyl (C=O) groups is 2. The van der Waals surface area contributed by atoms with Crippen LogP contribution in [0.2, 0.25) is 0 Å². The van der Waals surface area contributed by atoms with Crippen molar-refractivity contribution in [3.63, 3.8) is 0 Å². The van der Waals surface area contributed by atoms with Crippen molar-refractivity contribution in [1.82, 2.24) is 20.2 Å². The van der Waals surface area contributed by atoms with Crippen molar-refractivity contribution in [3.8, 4) is 17.6 Å². The zero-order valence-corrected chi connectivity index (χ0v) is 26.0. The first kappa shape index (κ1) is 29.3. The standard InChI is InChI=1S/C37H41N5O3/c1-2-45-34-17-27(22-39-24-34)4-3-26-16-32(23-38-21-26)36(44)42-11-9-41(10-12-42)33-7-5-31(6-8-33)35(43)40-25-37-18-28-13-29(19-37)15-30(14-28)20-37/h5-8,16-17,21-24,28-30H,2,9-15,18-20,25H2,1H3,(H,40,43). The summed E-state index contributed by atoms with van der Waals surface area (Å²) in [7, 11) is 0. The molecular weight excluding hydrogens is 562 g/mol. The molecule has 232 valence electrons. The van der Waals surface area contributed by atoms with Crippen molar-refractivity contribution in [2.45, 2.75) is 45.4 Å². The Balaban J connectivity index is 0.913. The van der Waals surface area contributed by atoms with Gasteiger partial charge in [-0.15, -0.1) is 0 Å². The average molecular weight is 604 g/mol. The number of hydrogen-bond acceptors (Lipinski definition) is 6. The summed E-state index contributed by atoms with van der Waals surface area (Å²) in [6.07, 6.45) is 14.7. The molecule has 1 aliphatic heterocycles. The molecule has 0 radical (unpaired) electrons. The van der Waals surface area contributed by atoms with Gasteiger partial charge in [-0.2, -0.15) is 0 Å². The van der Waals surface area contributed by atoms with Crippen LogP contribution in [0.5, 0.6) is 5.75 Å². The lowest BCUT2D eigenvalue weighted by Crippen LogP contribution is -2.51. The zero-order chi connectivity index (χ0) is 30.8. The van der Waals surface area contributed by atoms with Gasteiger partial charge in [0.2, 0.25) is 0 Å². The number of nitrogens with zero attached hydrogens (tertiary/aromatic N) is 4. The number of carbonyl (C=O) groups excluding carboxylic acids is 2. The molecule has 8 nitrogen and oxygen atoms in total. The molecule has 8 heteroatoms. The average Bonchev–Trinajstić information content (AvgIpc) is 3.06. The third kappa shape index (κ3) is 6.54. The summed E-state index contributed by atoms with van der Waals surface area (Å²) in [5.41, 5.74) is 4.05. The molecule has 5 aliphatic rings. The fourth-order valence-corrected chi connectivity index (χ4v) is 8.55. The molecule has 1 N–H and O–H groups in total. The number of aromatic nitrogens is 2. The first-order chi connectivity index (χ1) is 21.9. The van der Waals surface area contributed by atoms with Gasteiger partial charge in [-0.25, -0.2) is 0 Å². The second-order valence-electron chi connectivity index (χ2n) is 13.5. The summed E-state index contributed by atoms with van der Waals surface area (Å²) < 4.78 is 5.50. The predicted octanol–water partition coefficient (Wildman–Crippen LogP) is 5.18. The van der Waals surface area contributed by atoms with E-state index < -0.39 is 0 Å². The Morgan fingerprint density at radius 2 is 1.47 bits per heavy atom. The normalized spacial score (nSPS) is 25.0. The smallest absolute Gasteiger partial charge is 0.255 e.